The lowest BCUT2D eigenvalue weighted by Crippen LogP contribution is -2.36. The third-order valence-corrected chi connectivity index (χ3v) is 6.85. The van der Waals surface area contributed by atoms with Gasteiger partial charge in [0.05, 0.1) is 12.9 Å². The van der Waals surface area contributed by atoms with Crippen LogP contribution in [0.2, 0.25) is 0 Å². The fraction of sp³-hybridized carbons (Fsp3) is 0.667. The second-order valence-corrected chi connectivity index (χ2v) is 11.0. The molecular formula is C24H38O6S. The van der Waals surface area contributed by atoms with Gasteiger partial charge in [-0.3, -0.25) is 4.18 Å². The first-order valence-electron chi connectivity index (χ1n) is 10.9. The van der Waals surface area contributed by atoms with Crippen LogP contribution < -0.4 is 0 Å². The summed E-state index contributed by atoms with van der Waals surface area (Å²) < 4.78 is 49.4. The van der Waals surface area contributed by atoms with E-state index in [1.54, 1.807) is 13.8 Å². The molecule has 0 spiro atoms. The van der Waals surface area contributed by atoms with Crippen LogP contribution in [-0.4, -0.2) is 39.6 Å². The van der Waals surface area contributed by atoms with Crippen LogP contribution >= 0.6 is 0 Å². The molecule has 0 unspecified atom stereocenters. The third kappa shape index (κ3) is 6.31. The molecule has 7 heteroatoms. The summed E-state index contributed by atoms with van der Waals surface area (Å²) in [5.41, 5.74) is 2.67. The predicted octanol–water partition coefficient (Wildman–Crippen LogP) is 5.44. The van der Waals surface area contributed by atoms with Gasteiger partial charge in [0.1, 0.15) is 17.6 Å². The second-order valence-electron chi connectivity index (χ2n) is 9.44. The van der Waals surface area contributed by atoms with Crippen LogP contribution in [0.1, 0.15) is 89.8 Å². The van der Waals surface area contributed by atoms with Crippen LogP contribution in [0, 0.1) is 0 Å². The summed E-state index contributed by atoms with van der Waals surface area (Å²) >= 11 is 0. The SMILES string of the molecule is C=CO[C@@H](COS(=O)(=O)c1c(C(C)C)cc(C(C)C)cc1C(C)C)[C@@H]1COC(C)(C)O1. The molecule has 0 N–H and O–H groups in total. The minimum atomic E-state index is -4.04. The molecule has 1 aromatic rings. The maximum absolute atomic E-state index is 13.4. The van der Waals surface area contributed by atoms with Gasteiger partial charge in [-0.05, 0) is 48.3 Å². The average Bonchev–Trinajstić information content (AvgIpc) is 3.03. The molecule has 176 valence electrons. The normalized spacial score (nSPS) is 19.9. The Kier molecular flexibility index (Phi) is 8.36. The van der Waals surface area contributed by atoms with E-state index in [0.717, 1.165) is 16.7 Å². The van der Waals surface area contributed by atoms with Crippen LogP contribution in [-0.2, 0) is 28.5 Å². The Morgan fingerprint density at radius 3 is 2.03 bits per heavy atom. The van der Waals surface area contributed by atoms with Gasteiger partial charge in [-0.25, -0.2) is 0 Å². The van der Waals surface area contributed by atoms with Crippen molar-refractivity contribution in [2.24, 2.45) is 0 Å². The van der Waals surface area contributed by atoms with Crippen molar-refractivity contribution in [2.45, 2.75) is 96.0 Å². The van der Waals surface area contributed by atoms with Crippen LogP contribution in [0.5, 0.6) is 0 Å². The van der Waals surface area contributed by atoms with Crippen molar-refractivity contribution in [3.05, 3.63) is 41.7 Å². The van der Waals surface area contributed by atoms with Crippen molar-refractivity contribution in [2.75, 3.05) is 13.2 Å². The molecule has 1 fully saturated rings. The summed E-state index contributed by atoms with van der Waals surface area (Å²) in [6, 6.07) is 3.98. The Bertz CT molecular complexity index is 841. The van der Waals surface area contributed by atoms with E-state index in [4.69, 9.17) is 18.4 Å². The first-order valence-corrected chi connectivity index (χ1v) is 12.3. The molecule has 0 aromatic heterocycles. The summed E-state index contributed by atoms with van der Waals surface area (Å²) in [6.07, 6.45) is 0.154. The summed E-state index contributed by atoms with van der Waals surface area (Å²) in [4.78, 5) is 0.267. The lowest BCUT2D eigenvalue weighted by Gasteiger charge is -2.25. The summed E-state index contributed by atoms with van der Waals surface area (Å²) in [7, 11) is -4.04. The van der Waals surface area contributed by atoms with Crippen molar-refractivity contribution in [3.8, 4) is 0 Å². The molecule has 0 radical (unpaired) electrons. The zero-order valence-corrected chi connectivity index (χ0v) is 20.9. The largest absolute Gasteiger partial charge is 0.493 e. The Morgan fingerprint density at radius 1 is 1.10 bits per heavy atom. The molecule has 2 atom stereocenters. The molecule has 1 saturated heterocycles. The second kappa shape index (κ2) is 10.0. The first-order chi connectivity index (χ1) is 14.3. The molecule has 1 aliphatic rings. The van der Waals surface area contributed by atoms with Crippen molar-refractivity contribution in [3.63, 3.8) is 0 Å². The third-order valence-electron chi connectivity index (χ3n) is 5.43. The fourth-order valence-electron chi connectivity index (χ4n) is 3.65. The minimum absolute atomic E-state index is 0.0251. The van der Waals surface area contributed by atoms with Gasteiger partial charge < -0.3 is 14.2 Å². The van der Waals surface area contributed by atoms with E-state index in [0.29, 0.717) is 5.92 Å². The zero-order chi connectivity index (χ0) is 23.6. The lowest BCUT2D eigenvalue weighted by molar-refractivity contribution is -0.153. The van der Waals surface area contributed by atoms with Crippen LogP contribution in [0.4, 0.5) is 0 Å². The number of benzene rings is 1. The van der Waals surface area contributed by atoms with E-state index in [9.17, 15) is 8.42 Å². The van der Waals surface area contributed by atoms with Gasteiger partial charge >= 0.3 is 0 Å². The van der Waals surface area contributed by atoms with E-state index >= 15 is 0 Å². The molecule has 31 heavy (non-hydrogen) atoms. The fourth-order valence-corrected chi connectivity index (χ4v) is 5.25. The Hall–Kier alpha value is -1.41. The number of hydrogen-bond acceptors (Lipinski definition) is 6. The van der Waals surface area contributed by atoms with E-state index < -0.39 is 28.1 Å². The number of ether oxygens (including phenoxy) is 3. The van der Waals surface area contributed by atoms with E-state index in [2.05, 4.69) is 20.4 Å². The zero-order valence-electron chi connectivity index (χ0n) is 20.1. The highest BCUT2D eigenvalue weighted by atomic mass is 32.2. The van der Waals surface area contributed by atoms with Gasteiger partial charge in [0.2, 0.25) is 0 Å². The van der Waals surface area contributed by atoms with Crippen molar-refractivity contribution >= 4 is 10.1 Å². The van der Waals surface area contributed by atoms with Gasteiger partial charge in [0.15, 0.2) is 11.9 Å². The predicted molar refractivity (Wildman–Crippen MR) is 122 cm³/mol. The maximum Gasteiger partial charge on any atom is 0.297 e. The monoisotopic (exact) mass is 454 g/mol. The van der Waals surface area contributed by atoms with Crippen LogP contribution in [0.15, 0.2) is 29.9 Å². The molecule has 1 heterocycles. The van der Waals surface area contributed by atoms with Crippen molar-refractivity contribution in [1.82, 2.24) is 0 Å². The highest BCUT2D eigenvalue weighted by Gasteiger charge is 2.39. The van der Waals surface area contributed by atoms with Gasteiger partial charge in [-0.15, -0.1) is 0 Å². The van der Waals surface area contributed by atoms with E-state index in [1.807, 2.05) is 39.8 Å². The smallest absolute Gasteiger partial charge is 0.297 e. The number of hydrogen-bond donors (Lipinski definition) is 0. The molecule has 0 aliphatic carbocycles. The Balaban J connectivity index is 2.40. The van der Waals surface area contributed by atoms with Crippen molar-refractivity contribution in [1.29, 1.82) is 0 Å². The molecule has 2 rings (SSSR count). The molecule has 1 aromatic carbocycles. The first kappa shape index (κ1) is 25.8. The molecule has 0 saturated carbocycles. The molecule has 0 amide bonds. The van der Waals surface area contributed by atoms with Crippen LogP contribution in [0.3, 0.4) is 0 Å². The lowest BCUT2D eigenvalue weighted by atomic mass is 9.89. The highest BCUT2D eigenvalue weighted by Crippen LogP contribution is 2.36. The molecule has 0 bridgehead atoms. The Labute approximate surface area is 188 Å². The topological polar surface area (TPSA) is 71.1 Å². The minimum Gasteiger partial charge on any atom is -0.493 e. The maximum atomic E-state index is 13.4. The summed E-state index contributed by atoms with van der Waals surface area (Å²) in [5, 5.41) is 0. The van der Waals surface area contributed by atoms with E-state index in [-0.39, 0.29) is 29.9 Å². The highest BCUT2D eigenvalue weighted by molar-refractivity contribution is 7.86. The average molecular weight is 455 g/mol. The molecular weight excluding hydrogens is 416 g/mol. The van der Waals surface area contributed by atoms with Gasteiger partial charge in [-0.1, -0.05) is 60.3 Å². The summed E-state index contributed by atoms with van der Waals surface area (Å²) in [5.74, 6) is -0.413. The quantitative estimate of drug-likeness (QED) is 0.346. The summed E-state index contributed by atoms with van der Waals surface area (Å²) in [6.45, 7) is 19.5. The van der Waals surface area contributed by atoms with Gasteiger partial charge in [0.25, 0.3) is 10.1 Å². The van der Waals surface area contributed by atoms with Gasteiger partial charge in [-0.2, -0.15) is 8.42 Å². The molecule has 6 nitrogen and oxygen atoms in total. The van der Waals surface area contributed by atoms with E-state index in [1.165, 1.54) is 6.26 Å². The standard InChI is InChI=1S/C24H38O6S/c1-10-27-21(22-13-28-24(8,9)30-22)14-29-31(25,26)23-19(16(4)5)11-18(15(2)3)12-20(23)17(6)7/h10-12,15-17,21-22H,1,13-14H2,2-9H3/t21-,22-/m0/s1. The van der Waals surface area contributed by atoms with Gasteiger partial charge in [0, 0.05) is 0 Å². The molecule has 1 aliphatic heterocycles. The van der Waals surface area contributed by atoms with Crippen LogP contribution in [0.25, 0.3) is 0 Å². The number of rotatable bonds is 10. The van der Waals surface area contributed by atoms with Crippen molar-refractivity contribution < 1.29 is 26.8 Å². The Morgan fingerprint density at radius 2 is 1.65 bits per heavy atom.